The topological polar surface area (TPSA) is 49.9 Å². The molecule has 0 saturated carbocycles. The Bertz CT molecular complexity index is 836. The SMILES string of the molecule is CCC[C@H]1[C@@H]2C(=O)N(c3cccc(C)c3)C(=O)[C@H]2ON1c1ccccc1. The molecule has 0 unspecified atom stereocenters. The van der Waals surface area contributed by atoms with Crippen molar-refractivity contribution < 1.29 is 14.4 Å². The number of carbonyl (C=O) groups excluding carboxylic acids is 2. The van der Waals surface area contributed by atoms with E-state index in [9.17, 15) is 9.59 Å². The summed E-state index contributed by atoms with van der Waals surface area (Å²) in [5.41, 5.74) is 2.51. The maximum absolute atomic E-state index is 13.2. The number of rotatable bonds is 4. The molecule has 0 N–H and O–H groups in total. The van der Waals surface area contributed by atoms with Crippen LogP contribution in [0.2, 0.25) is 0 Å². The summed E-state index contributed by atoms with van der Waals surface area (Å²) < 4.78 is 0. The third-order valence-corrected chi connectivity index (χ3v) is 5.09. The molecule has 2 heterocycles. The Balaban J connectivity index is 1.69. The van der Waals surface area contributed by atoms with Crippen LogP contribution in [0.3, 0.4) is 0 Å². The van der Waals surface area contributed by atoms with Gasteiger partial charge < -0.3 is 0 Å². The van der Waals surface area contributed by atoms with E-state index in [-0.39, 0.29) is 17.9 Å². The molecule has 5 nitrogen and oxygen atoms in total. The van der Waals surface area contributed by atoms with Gasteiger partial charge in [0.05, 0.1) is 23.3 Å². The van der Waals surface area contributed by atoms with Crippen molar-refractivity contribution in [3.05, 3.63) is 60.2 Å². The van der Waals surface area contributed by atoms with Crippen molar-refractivity contribution in [1.82, 2.24) is 0 Å². The van der Waals surface area contributed by atoms with Crippen molar-refractivity contribution in [2.75, 3.05) is 9.96 Å². The Morgan fingerprint density at radius 1 is 0.962 bits per heavy atom. The van der Waals surface area contributed by atoms with Crippen molar-refractivity contribution in [2.24, 2.45) is 5.92 Å². The molecule has 2 aromatic rings. The Labute approximate surface area is 153 Å². The summed E-state index contributed by atoms with van der Waals surface area (Å²) in [6, 6.07) is 17.0. The molecular weight excluding hydrogens is 328 g/mol. The molecule has 26 heavy (non-hydrogen) atoms. The molecule has 5 heteroatoms. The first-order chi connectivity index (χ1) is 12.6. The minimum atomic E-state index is -0.750. The second-order valence-electron chi connectivity index (χ2n) is 6.92. The number of aryl methyl sites for hydroxylation is 1. The highest BCUT2D eigenvalue weighted by atomic mass is 16.7. The fraction of sp³-hybridized carbons (Fsp3) is 0.333. The molecule has 0 spiro atoms. The van der Waals surface area contributed by atoms with Crippen LogP contribution in [0.1, 0.15) is 25.3 Å². The lowest BCUT2D eigenvalue weighted by atomic mass is 9.93. The lowest BCUT2D eigenvalue weighted by molar-refractivity contribution is -0.126. The van der Waals surface area contributed by atoms with Crippen LogP contribution in [0.5, 0.6) is 0 Å². The summed E-state index contributed by atoms with van der Waals surface area (Å²) in [7, 11) is 0. The monoisotopic (exact) mass is 350 g/mol. The van der Waals surface area contributed by atoms with Crippen molar-refractivity contribution in [2.45, 2.75) is 38.8 Å². The number of carbonyl (C=O) groups is 2. The number of amides is 2. The van der Waals surface area contributed by atoms with Gasteiger partial charge in [0, 0.05) is 0 Å². The first-order valence-corrected chi connectivity index (χ1v) is 9.07. The average Bonchev–Trinajstić information content (AvgIpc) is 3.13. The highest BCUT2D eigenvalue weighted by molar-refractivity contribution is 6.23. The van der Waals surface area contributed by atoms with Crippen LogP contribution in [-0.2, 0) is 14.4 Å². The summed E-state index contributed by atoms with van der Waals surface area (Å²) in [6.45, 7) is 4.03. The summed E-state index contributed by atoms with van der Waals surface area (Å²) in [5, 5.41) is 1.77. The Kier molecular flexibility index (Phi) is 4.24. The van der Waals surface area contributed by atoms with E-state index in [1.54, 1.807) is 11.1 Å². The van der Waals surface area contributed by atoms with Crippen LogP contribution < -0.4 is 9.96 Å². The molecule has 2 fully saturated rings. The van der Waals surface area contributed by atoms with Gasteiger partial charge >= 0.3 is 0 Å². The zero-order valence-electron chi connectivity index (χ0n) is 15.0. The quantitative estimate of drug-likeness (QED) is 0.792. The first kappa shape index (κ1) is 16.8. The van der Waals surface area contributed by atoms with Crippen LogP contribution in [0.4, 0.5) is 11.4 Å². The summed E-state index contributed by atoms with van der Waals surface area (Å²) in [5.74, 6) is -0.907. The first-order valence-electron chi connectivity index (χ1n) is 9.07. The van der Waals surface area contributed by atoms with E-state index in [1.165, 1.54) is 4.90 Å². The van der Waals surface area contributed by atoms with E-state index < -0.39 is 12.0 Å². The van der Waals surface area contributed by atoms with Crippen LogP contribution in [0, 0.1) is 12.8 Å². The van der Waals surface area contributed by atoms with Gasteiger partial charge in [-0.05, 0) is 43.2 Å². The van der Waals surface area contributed by atoms with Gasteiger partial charge in [0.2, 0.25) is 5.91 Å². The number of nitrogens with zero attached hydrogens (tertiary/aromatic N) is 2. The zero-order chi connectivity index (χ0) is 18.3. The molecule has 0 aromatic heterocycles. The van der Waals surface area contributed by atoms with Crippen molar-refractivity contribution in [1.29, 1.82) is 0 Å². The maximum Gasteiger partial charge on any atom is 0.266 e. The molecule has 2 saturated heterocycles. The second-order valence-corrected chi connectivity index (χ2v) is 6.92. The number of para-hydroxylation sites is 1. The number of imide groups is 1. The van der Waals surface area contributed by atoms with Crippen molar-refractivity contribution >= 4 is 23.2 Å². The number of hydroxylamine groups is 1. The second kappa shape index (κ2) is 6.57. The van der Waals surface area contributed by atoms with E-state index >= 15 is 0 Å². The van der Waals surface area contributed by atoms with Gasteiger partial charge in [-0.1, -0.05) is 43.7 Å². The van der Waals surface area contributed by atoms with E-state index in [0.29, 0.717) is 5.69 Å². The molecule has 4 rings (SSSR count). The Hall–Kier alpha value is -2.66. The zero-order valence-corrected chi connectivity index (χ0v) is 15.0. The highest BCUT2D eigenvalue weighted by Gasteiger charge is 2.59. The van der Waals surface area contributed by atoms with Crippen LogP contribution in [0.25, 0.3) is 0 Å². The third-order valence-electron chi connectivity index (χ3n) is 5.09. The predicted molar refractivity (Wildman–Crippen MR) is 99.7 cm³/mol. The summed E-state index contributed by atoms with van der Waals surface area (Å²) in [6.07, 6.45) is 0.947. The average molecular weight is 350 g/mol. The normalized spacial score (nSPS) is 25.1. The van der Waals surface area contributed by atoms with Crippen molar-refractivity contribution in [3.8, 4) is 0 Å². The van der Waals surface area contributed by atoms with Gasteiger partial charge in [0.1, 0.15) is 0 Å². The molecule has 2 aromatic carbocycles. The predicted octanol–water partition coefficient (Wildman–Crippen LogP) is 3.47. The molecule has 0 bridgehead atoms. The summed E-state index contributed by atoms with van der Waals surface area (Å²) in [4.78, 5) is 33.5. The summed E-state index contributed by atoms with van der Waals surface area (Å²) >= 11 is 0. The molecule has 0 radical (unpaired) electrons. The molecule has 2 aliphatic rings. The van der Waals surface area contributed by atoms with Crippen LogP contribution in [-0.4, -0.2) is 24.0 Å². The maximum atomic E-state index is 13.2. The molecule has 134 valence electrons. The van der Waals surface area contributed by atoms with Gasteiger partial charge in [-0.2, -0.15) is 0 Å². The largest absolute Gasteiger partial charge is 0.273 e. The van der Waals surface area contributed by atoms with Gasteiger partial charge in [0.15, 0.2) is 6.10 Å². The fourth-order valence-corrected chi connectivity index (χ4v) is 3.93. The molecule has 0 aliphatic carbocycles. The Morgan fingerprint density at radius 2 is 1.69 bits per heavy atom. The van der Waals surface area contributed by atoms with E-state index in [1.807, 2.05) is 55.5 Å². The standard InChI is InChI=1S/C21H22N2O3/c1-3-8-17-18-19(26-23(17)15-10-5-4-6-11-15)21(25)22(20(18)24)16-12-7-9-14(2)13-16/h4-7,9-13,17-19H,3,8H2,1-2H3/t17-,18-,19-/m0/s1. The molecule has 3 atom stereocenters. The van der Waals surface area contributed by atoms with Crippen molar-refractivity contribution in [3.63, 3.8) is 0 Å². The minimum Gasteiger partial charge on any atom is -0.273 e. The van der Waals surface area contributed by atoms with Gasteiger partial charge in [-0.25, -0.2) is 9.96 Å². The van der Waals surface area contributed by atoms with E-state index in [2.05, 4.69) is 6.92 Å². The number of fused-ring (bicyclic) bond motifs is 1. The minimum absolute atomic E-state index is 0.140. The van der Waals surface area contributed by atoms with Gasteiger partial charge in [0.25, 0.3) is 5.91 Å². The van der Waals surface area contributed by atoms with E-state index in [0.717, 1.165) is 24.1 Å². The third kappa shape index (κ3) is 2.59. The highest BCUT2D eigenvalue weighted by Crippen LogP contribution is 2.41. The Morgan fingerprint density at radius 3 is 2.38 bits per heavy atom. The number of hydrogen-bond acceptors (Lipinski definition) is 4. The van der Waals surface area contributed by atoms with Crippen LogP contribution in [0.15, 0.2) is 54.6 Å². The number of hydrogen-bond donors (Lipinski definition) is 0. The smallest absolute Gasteiger partial charge is 0.266 e. The van der Waals surface area contributed by atoms with Crippen LogP contribution >= 0.6 is 0 Å². The lowest BCUT2D eigenvalue weighted by Gasteiger charge is -2.28. The van der Waals surface area contributed by atoms with E-state index in [4.69, 9.17) is 4.84 Å². The lowest BCUT2D eigenvalue weighted by Crippen LogP contribution is -2.40. The van der Waals surface area contributed by atoms with Gasteiger partial charge in [-0.3, -0.25) is 14.4 Å². The number of anilines is 2. The number of benzene rings is 2. The fourth-order valence-electron chi connectivity index (χ4n) is 3.93. The molecular formula is C21H22N2O3. The molecule has 2 aliphatic heterocycles. The molecule has 2 amide bonds. The van der Waals surface area contributed by atoms with Gasteiger partial charge in [-0.15, -0.1) is 0 Å².